The molecule has 0 aliphatic heterocycles. The van der Waals surface area contributed by atoms with Gasteiger partial charge in [-0.3, -0.25) is 9.59 Å². The highest BCUT2D eigenvalue weighted by Gasteiger charge is 2.20. The van der Waals surface area contributed by atoms with Crippen LogP contribution in [0.5, 0.6) is 0 Å². The van der Waals surface area contributed by atoms with Gasteiger partial charge < -0.3 is 15.2 Å². The SMILES string of the molecule is COC(=O)CCC(=O)NC(CSC/C=C(\C)CC/C=C(\C)CCC=C(C)C)C(=O)O. The van der Waals surface area contributed by atoms with E-state index in [2.05, 4.69) is 56.0 Å². The zero-order valence-corrected chi connectivity index (χ0v) is 19.8. The molecular formula is C23H37NO5S. The summed E-state index contributed by atoms with van der Waals surface area (Å²) in [5.41, 5.74) is 4.02. The maximum absolute atomic E-state index is 11.8. The van der Waals surface area contributed by atoms with Crippen LogP contribution in [0.2, 0.25) is 0 Å². The third-order valence-corrected chi connectivity index (χ3v) is 5.35. The lowest BCUT2D eigenvalue weighted by Gasteiger charge is -2.13. The number of methoxy groups -OCH3 is 1. The summed E-state index contributed by atoms with van der Waals surface area (Å²) in [5, 5.41) is 11.7. The fourth-order valence-corrected chi connectivity index (χ4v) is 3.48. The van der Waals surface area contributed by atoms with Gasteiger partial charge in [-0.1, -0.05) is 34.9 Å². The molecule has 0 aliphatic rings. The van der Waals surface area contributed by atoms with Crippen LogP contribution in [-0.2, 0) is 19.1 Å². The monoisotopic (exact) mass is 439 g/mol. The molecule has 7 heteroatoms. The number of carboxylic acids is 1. The Morgan fingerprint density at radius 1 is 0.933 bits per heavy atom. The van der Waals surface area contributed by atoms with Crippen LogP contribution >= 0.6 is 11.8 Å². The first kappa shape index (κ1) is 28.0. The summed E-state index contributed by atoms with van der Waals surface area (Å²) < 4.78 is 4.47. The summed E-state index contributed by atoms with van der Waals surface area (Å²) in [4.78, 5) is 34.2. The van der Waals surface area contributed by atoms with Crippen LogP contribution < -0.4 is 5.32 Å². The average molecular weight is 440 g/mol. The van der Waals surface area contributed by atoms with Crippen LogP contribution in [0.15, 0.2) is 34.9 Å². The molecule has 1 unspecified atom stereocenters. The highest BCUT2D eigenvalue weighted by molar-refractivity contribution is 7.99. The molecule has 0 rings (SSSR count). The Kier molecular flexibility index (Phi) is 15.6. The van der Waals surface area contributed by atoms with E-state index in [1.54, 1.807) is 0 Å². The number of hydrogen-bond donors (Lipinski definition) is 2. The predicted octanol–water partition coefficient (Wildman–Crippen LogP) is 4.66. The van der Waals surface area contributed by atoms with E-state index in [1.807, 2.05) is 0 Å². The van der Waals surface area contributed by atoms with Gasteiger partial charge in [0.25, 0.3) is 0 Å². The van der Waals surface area contributed by atoms with Gasteiger partial charge in [-0.25, -0.2) is 4.79 Å². The normalized spacial score (nSPS) is 12.8. The Labute approximate surface area is 185 Å². The molecule has 170 valence electrons. The molecule has 2 N–H and O–H groups in total. The number of rotatable bonds is 15. The number of carboxylic acid groups (broad SMARTS) is 1. The van der Waals surface area contributed by atoms with Crippen LogP contribution in [0.3, 0.4) is 0 Å². The molecule has 1 atom stereocenters. The molecule has 0 radical (unpaired) electrons. The minimum absolute atomic E-state index is 0.0629. The number of carbonyl (C=O) groups excluding carboxylic acids is 2. The molecule has 0 aliphatic carbocycles. The third kappa shape index (κ3) is 15.9. The lowest BCUT2D eigenvalue weighted by Crippen LogP contribution is -2.42. The fraction of sp³-hybridized carbons (Fsp3) is 0.609. The number of thioether (sulfide) groups is 1. The van der Waals surface area contributed by atoms with E-state index in [0.29, 0.717) is 5.75 Å². The number of allylic oxidation sites excluding steroid dienone is 5. The minimum Gasteiger partial charge on any atom is -0.480 e. The molecule has 0 bridgehead atoms. The van der Waals surface area contributed by atoms with Crippen molar-refractivity contribution in [3.8, 4) is 0 Å². The number of carbonyl (C=O) groups is 3. The number of amides is 1. The second-order valence-electron chi connectivity index (χ2n) is 7.53. The van der Waals surface area contributed by atoms with Crippen molar-refractivity contribution in [2.75, 3.05) is 18.6 Å². The average Bonchev–Trinajstić information content (AvgIpc) is 2.67. The Hall–Kier alpha value is -2.02. The molecule has 0 saturated heterocycles. The zero-order valence-electron chi connectivity index (χ0n) is 19.0. The molecule has 30 heavy (non-hydrogen) atoms. The second kappa shape index (κ2) is 16.7. The van der Waals surface area contributed by atoms with E-state index in [1.165, 1.54) is 35.6 Å². The maximum Gasteiger partial charge on any atom is 0.327 e. The van der Waals surface area contributed by atoms with Crippen molar-refractivity contribution in [1.82, 2.24) is 5.32 Å². The van der Waals surface area contributed by atoms with Gasteiger partial charge in [0.05, 0.1) is 13.5 Å². The Morgan fingerprint density at radius 3 is 2.10 bits per heavy atom. The molecule has 0 aromatic carbocycles. The highest BCUT2D eigenvalue weighted by Crippen LogP contribution is 2.13. The zero-order chi connectivity index (χ0) is 22.9. The van der Waals surface area contributed by atoms with Crippen LogP contribution in [0.4, 0.5) is 0 Å². The van der Waals surface area contributed by atoms with Gasteiger partial charge in [0.1, 0.15) is 6.04 Å². The van der Waals surface area contributed by atoms with Gasteiger partial charge in [0.15, 0.2) is 0 Å². The molecular weight excluding hydrogens is 402 g/mol. The Bertz CT molecular complexity index is 648. The standard InChI is InChI=1S/C23H37NO5S/c1-17(2)8-6-9-18(3)10-7-11-19(4)14-15-30-16-20(23(27)28)24-21(25)12-13-22(26)29-5/h8,10,14,20H,6-7,9,11-13,15-16H2,1-5H3,(H,24,25)(H,27,28)/b18-10+,19-14+. The van der Waals surface area contributed by atoms with Crippen LogP contribution in [0.25, 0.3) is 0 Å². The largest absolute Gasteiger partial charge is 0.480 e. The first-order valence-corrected chi connectivity index (χ1v) is 11.4. The second-order valence-corrected chi connectivity index (χ2v) is 8.61. The van der Waals surface area contributed by atoms with Crippen molar-refractivity contribution in [1.29, 1.82) is 0 Å². The van der Waals surface area contributed by atoms with Crippen molar-refractivity contribution in [2.45, 2.75) is 72.3 Å². The number of esters is 1. The molecule has 0 spiro atoms. The van der Waals surface area contributed by atoms with E-state index in [9.17, 15) is 19.5 Å². The van der Waals surface area contributed by atoms with Crippen LogP contribution in [-0.4, -0.2) is 47.6 Å². The van der Waals surface area contributed by atoms with Crippen molar-refractivity contribution in [3.63, 3.8) is 0 Å². The Morgan fingerprint density at radius 2 is 1.53 bits per heavy atom. The van der Waals surface area contributed by atoms with E-state index in [0.717, 1.165) is 25.7 Å². The summed E-state index contributed by atoms with van der Waals surface area (Å²) in [6.07, 6.45) is 10.7. The van der Waals surface area contributed by atoms with Crippen molar-refractivity contribution >= 4 is 29.6 Å². The Balaban J connectivity index is 4.22. The van der Waals surface area contributed by atoms with E-state index < -0.39 is 23.9 Å². The lowest BCUT2D eigenvalue weighted by atomic mass is 10.1. The van der Waals surface area contributed by atoms with Crippen LogP contribution in [0, 0.1) is 0 Å². The first-order valence-electron chi connectivity index (χ1n) is 10.3. The van der Waals surface area contributed by atoms with Crippen molar-refractivity contribution in [2.24, 2.45) is 0 Å². The lowest BCUT2D eigenvalue weighted by molar-refractivity contribution is -0.142. The number of aliphatic carboxylic acids is 1. The molecule has 0 aromatic rings. The maximum atomic E-state index is 11.8. The molecule has 0 heterocycles. The van der Waals surface area contributed by atoms with Gasteiger partial charge in [-0.15, -0.1) is 0 Å². The van der Waals surface area contributed by atoms with Gasteiger partial charge >= 0.3 is 11.9 Å². The van der Waals surface area contributed by atoms with Crippen LogP contribution in [0.1, 0.15) is 66.2 Å². The number of hydrogen-bond acceptors (Lipinski definition) is 5. The van der Waals surface area contributed by atoms with Gasteiger partial charge in [-0.2, -0.15) is 11.8 Å². The molecule has 6 nitrogen and oxygen atoms in total. The number of nitrogens with one attached hydrogen (secondary N) is 1. The molecule has 1 amide bonds. The van der Waals surface area contributed by atoms with Gasteiger partial charge in [-0.05, 0) is 53.4 Å². The van der Waals surface area contributed by atoms with Gasteiger partial charge in [0.2, 0.25) is 5.91 Å². The van der Waals surface area contributed by atoms with E-state index in [4.69, 9.17) is 0 Å². The topological polar surface area (TPSA) is 92.7 Å². The fourth-order valence-electron chi connectivity index (χ4n) is 2.48. The smallest absolute Gasteiger partial charge is 0.327 e. The summed E-state index contributed by atoms with van der Waals surface area (Å²) in [6.45, 7) is 8.47. The summed E-state index contributed by atoms with van der Waals surface area (Å²) >= 11 is 1.46. The summed E-state index contributed by atoms with van der Waals surface area (Å²) in [5.74, 6) is -1.08. The first-order chi connectivity index (χ1) is 14.1. The van der Waals surface area contributed by atoms with Crippen molar-refractivity contribution in [3.05, 3.63) is 34.9 Å². The summed E-state index contributed by atoms with van der Waals surface area (Å²) in [7, 11) is 1.25. The highest BCUT2D eigenvalue weighted by atomic mass is 32.2. The number of ether oxygens (including phenoxy) is 1. The van der Waals surface area contributed by atoms with Gasteiger partial charge in [0, 0.05) is 17.9 Å². The molecule has 0 saturated carbocycles. The quantitative estimate of drug-likeness (QED) is 0.219. The third-order valence-electron chi connectivity index (χ3n) is 4.37. The minimum atomic E-state index is -1.08. The predicted molar refractivity (Wildman–Crippen MR) is 124 cm³/mol. The van der Waals surface area contributed by atoms with Crippen molar-refractivity contribution < 1.29 is 24.2 Å². The molecule has 0 fully saturated rings. The van der Waals surface area contributed by atoms with E-state index in [-0.39, 0.29) is 18.6 Å². The summed E-state index contributed by atoms with van der Waals surface area (Å²) in [6, 6.07) is -0.972. The molecule has 0 aromatic heterocycles. The van der Waals surface area contributed by atoms with E-state index >= 15 is 0 Å².